The van der Waals surface area contributed by atoms with Crippen LogP contribution in [0.2, 0.25) is 0 Å². The van der Waals surface area contributed by atoms with Gasteiger partial charge in [0.05, 0.1) is 11.3 Å². The standard InChI is InChI=1S/C27H30N2O2/c1-18(2)28-27(30)26-19(3)8-7-11-25(26)29-24-15-14-22(16-23(24)21-12-13-21)31-17-20-9-5-4-6-10-20/h4-11,14-16,18,21,29H,12-13,17H2,1-3H3,(H,28,30). The Balaban J connectivity index is 1.58. The number of carbonyl (C=O) groups excluding carboxylic acids is 1. The van der Waals surface area contributed by atoms with E-state index in [0.717, 1.165) is 28.3 Å². The average molecular weight is 415 g/mol. The second kappa shape index (κ2) is 9.25. The largest absolute Gasteiger partial charge is 0.489 e. The van der Waals surface area contributed by atoms with Crippen LogP contribution in [0.1, 0.15) is 59.7 Å². The van der Waals surface area contributed by atoms with E-state index in [1.54, 1.807) is 0 Å². The highest BCUT2D eigenvalue weighted by Gasteiger charge is 2.27. The van der Waals surface area contributed by atoms with Crippen LogP contribution in [-0.2, 0) is 6.61 Å². The van der Waals surface area contributed by atoms with Gasteiger partial charge in [-0.25, -0.2) is 0 Å². The highest BCUT2D eigenvalue weighted by molar-refractivity contribution is 6.02. The monoisotopic (exact) mass is 414 g/mol. The summed E-state index contributed by atoms with van der Waals surface area (Å²) >= 11 is 0. The summed E-state index contributed by atoms with van der Waals surface area (Å²) in [6.45, 7) is 6.48. The second-order valence-corrected chi connectivity index (χ2v) is 8.55. The third-order valence-corrected chi connectivity index (χ3v) is 5.48. The molecule has 1 amide bonds. The predicted molar refractivity (Wildman–Crippen MR) is 126 cm³/mol. The van der Waals surface area contributed by atoms with Crippen LogP contribution in [-0.4, -0.2) is 11.9 Å². The van der Waals surface area contributed by atoms with E-state index in [2.05, 4.69) is 34.9 Å². The van der Waals surface area contributed by atoms with Gasteiger partial charge < -0.3 is 15.4 Å². The Kier molecular flexibility index (Phi) is 6.26. The molecule has 1 aliphatic rings. The van der Waals surface area contributed by atoms with Crippen LogP contribution in [0, 0.1) is 6.92 Å². The van der Waals surface area contributed by atoms with Crippen molar-refractivity contribution in [3.63, 3.8) is 0 Å². The molecule has 0 unspecified atom stereocenters. The minimum Gasteiger partial charge on any atom is -0.489 e. The van der Waals surface area contributed by atoms with Crippen LogP contribution in [0.4, 0.5) is 11.4 Å². The summed E-state index contributed by atoms with van der Waals surface area (Å²) in [6, 6.07) is 22.4. The Bertz CT molecular complexity index is 1060. The topological polar surface area (TPSA) is 50.4 Å². The van der Waals surface area contributed by atoms with Gasteiger partial charge in [-0.15, -0.1) is 0 Å². The van der Waals surface area contributed by atoms with Crippen LogP contribution >= 0.6 is 0 Å². The van der Waals surface area contributed by atoms with Gasteiger partial charge in [0.15, 0.2) is 0 Å². The lowest BCUT2D eigenvalue weighted by molar-refractivity contribution is 0.0943. The molecule has 4 heteroatoms. The SMILES string of the molecule is Cc1cccc(Nc2ccc(OCc3ccccc3)cc2C2CC2)c1C(=O)NC(C)C. The number of hydrogen-bond donors (Lipinski definition) is 2. The van der Waals surface area contributed by atoms with Crippen molar-refractivity contribution in [2.24, 2.45) is 0 Å². The average Bonchev–Trinajstić information content (AvgIpc) is 3.58. The Hall–Kier alpha value is -3.27. The second-order valence-electron chi connectivity index (χ2n) is 8.55. The molecule has 4 nitrogen and oxygen atoms in total. The van der Waals surface area contributed by atoms with Gasteiger partial charge in [-0.3, -0.25) is 4.79 Å². The fourth-order valence-electron chi connectivity index (χ4n) is 3.77. The minimum absolute atomic E-state index is 0.0496. The number of hydrogen-bond acceptors (Lipinski definition) is 3. The molecule has 0 heterocycles. The molecular weight excluding hydrogens is 384 g/mol. The summed E-state index contributed by atoms with van der Waals surface area (Å²) in [5.74, 6) is 1.37. The first-order valence-corrected chi connectivity index (χ1v) is 11.0. The molecule has 3 aromatic carbocycles. The van der Waals surface area contributed by atoms with Crippen LogP contribution in [0.25, 0.3) is 0 Å². The number of carbonyl (C=O) groups is 1. The van der Waals surface area contributed by atoms with Crippen molar-refractivity contribution >= 4 is 17.3 Å². The normalized spacial score (nSPS) is 13.2. The lowest BCUT2D eigenvalue weighted by Crippen LogP contribution is -2.31. The molecule has 160 valence electrons. The first-order valence-electron chi connectivity index (χ1n) is 11.0. The maximum atomic E-state index is 12.8. The first kappa shape index (κ1) is 21.0. The molecular formula is C27H30N2O2. The van der Waals surface area contributed by atoms with Gasteiger partial charge in [-0.2, -0.15) is 0 Å². The van der Waals surface area contributed by atoms with E-state index in [1.165, 1.54) is 18.4 Å². The third-order valence-electron chi connectivity index (χ3n) is 5.48. The van der Waals surface area contributed by atoms with Crippen LogP contribution in [0.3, 0.4) is 0 Å². The van der Waals surface area contributed by atoms with Crippen molar-refractivity contribution in [2.75, 3.05) is 5.32 Å². The summed E-state index contributed by atoms with van der Waals surface area (Å²) in [5, 5.41) is 6.56. The van der Waals surface area contributed by atoms with Crippen LogP contribution in [0.5, 0.6) is 5.75 Å². The number of rotatable bonds is 8. The van der Waals surface area contributed by atoms with Crippen molar-refractivity contribution < 1.29 is 9.53 Å². The number of nitrogens with one attached hydrogen (secondary N) is 2. The molecule has 0 spiro atoms. The summed E-state index contributed by atoms with van der Waals surface area (Å²) in [5.41, 5.74) is 5.93. The number of amides is 1. The molecule has 0 bridgehead atoms. The zero-order valence-electron chi connectivity index (χ0n) is 18.4. The zero-order valence-corrected chi connectivity index (χ0v) is 18.4. The maximum absolute atomic E-state index is 12.8. The number of aryl methyl sites for hydroxylation is 1. The highest BCUT2D eigenvalue weighted by atomic mass is 16.5. The van der Waals surface area contributed by atoms with Crippen LogP contribution < -0.4 is 15.4 Å². The molecule has 0 aliphatic heterocycles. The highest BCUT2D eigenvalue weighted by Crippen LogP contribution is 2.45. The molecule has 0 saturated heterocycles. The van der Waals surface area contributed by atoms with E-state index in [4.69, 9.17) is 4.74 Å². The molecule has 1 saturated carbocycles. The van der Waals surface area contributed by atoms with Gasteiger partial charge in [-0.1, -0.05) is 42.5 Å². The molecule has 1 fully saturated rings. The van der Waals surface area contributed by atoms with Crippen molar-refractivity contribution in [2.45, 2.75) is 52.2 Å². The lowest BCUT2D eigenvalue weighted by Gasteiger charge is -2.18. The molecule has 0 atom stereocenters. The smallest absolute Gasteiger partial charge is 0.253 e. The summed E-state index contributed by atoms with van der Waals surface area (Å²) in [6.07, 6.45) is 2.37. The lowest BCUT2D eigenvalue weighted by atomic mass is 10.0. The third kappa shape index (κ3) is 5.26. The fourth-order valence-corrected chi connectivity index (χ4v) is 3.77. The molecule has 3 aromatic rings. The van der Waals surface area contributed by atoms with Gasteiger partial charge in [-0.05, 0) is 80.5 Å². The Labute approximate surface area is 184 Å². The Morgan fingerprint density at radius 1 is 1.00 bits per heavy atom. The van der Waals surface area contributed by atoms with Gasteiger partial charge >= 0.3 is 0 Å². The van der Waals surface area contributed by atoms with E-state index in [0.29, 0.717) is 18.1 Å². The van der Waals surface area contributed by atoms with Crippen molar-refractivity contribution in [1.82, 2.24) is 5.32 Å². The molecule has 0 radical (unpaired) electrons. The number of benzene rings is 3. The predicted octanol–water partition coefficient (Wildman–Crippen LogP) is 6.33. The van der Waals surface area contributed by atoms with Gasteiger partial charge in [0, 0.05) is 11.7 Å². The minimum atomic E-state index is -0.0496. The zero-order chi connectivity index (χ0) is 21.8. The van der Waals surface area contributed by atoms with Gasteiger partial charge in [0.2, 0.25) is 0 Å². The van der Waals surface area contributed by atoms with E-state index >= 15 is 0 Å². The molecule has 0 aromatic heterocycles. The van der Waals surface area contributed by atoms with Crippen molar-refractivity contribution in [3.8, 4) is 5.75 Å². The Morgan fingerprint density at radius 2 is 1.77 bits per heavy atom. The van der Waals surface area contributed by atoms with Crippen molar-refractivity contribution in [3.05, 3.63) is 89.0 Å². The number of anilines is 2. The first-order chi connectivity index (χ1) is 15.0. The summed E-state index contributed by atoms with van der Waals surface area (Å²) in [7, 11) is 0. The van der Waals surface area contributed by atoms with Crippen molar-refractivity contribution in [1.29, 1.82) is 0 Å². The fraction of sp³-hybridized carbons (Fsp3) is 0.296. The number of ether oxygens (including phenoxy) is 1. The van der Waals surface area contributed by atoms with Crippen LogP contribution in [0.15, 0.2) is 66.7 Å². The van der Waals surface area contributed by atoms with E-state index in [9.17, 15) is 4.79 Å². The van der Waals surface area contributed by atoms with E-state index in [1.807, 2.05) is 63.2 Å². The summed E-state index contributed by atoms with van der Waals surface area (Å²) < 4.78 is 6.05. The molecule has 2 N–H and O–H groups in total. The van der Waals surface area contributed by atoms with E-state index in [-0.39, 0.29) is 11.9 Å². The maximum Gasteiger partial charge on any atom is 0.253 e. The Morgan fingerprint density at radius 3 is 2.48 bits per heavy atom. The van der Waals surface area contributed by atoms with Gasteiger partial charge in [0.25, 0.3) is 5.91 Å². The quantitative estimate of drug-likeness (QED) is 0.453. The van der Waals surface area contributed by atoms with E-state index < -0.39 is 0 Å². The molecule has 31 heavy (non-hydrogen) atoms. The van der Waals surface area contributed by atoms with Gasteiger partial charge in [0.1, 0.15) is 12.4 Å². The molecule has 1 aliphatic carbocycles. The summed E-state index contributed by atoms with van der Waals surface area (Å²) in [4.78, 5) is 12.8. The molecule has 4 rings (SSSR count).